The minimum atomic E-state index is -0.103. The van der Waals surface area contributed by atoms with Crippen LogP contribution < -0.4 is 0 Å². The van der Waals surface area contributed by atoms with E-state index in [0.29, 0.717) is 18.9 Å². The summed E-state index contributed by atoms with van der Waals surface area (Å²) in [6, 6.07) is 0. The molecule has 0 bridgehead atoms. The summed E-state index contributed by atoms with van der Waals surface area (Å²) in [4.78, 5) is 11.4. The molecule has 0 unspecified atom stereocenters. The number of hydrogen-bond acceptors (Lipinski definition) is 2. The number of hydrogen-bond donors (Lipinski definition) is 0. The highest BCUT2D eigenvalue weighted by Crippen LogP contribution is 2.11. The normalized spacial score (nSPS) is 12.5. The smallest absolute Gasteiger partial charge is 0.306 e. The van der Waals surface area contributed by atoms with Crippen molar-refractivity contribution in [2.75, 3.05) is 6.61 Å². The zero-order chi connectivity index (χ0) is 17.0. The molecule has 0 radical (unpaired) electrons. The third kappa shape index (κ3) is 13.7. The van der Waals surface area contributed by atoms with Gasteiger partial charge in [0.2, 0.25) is 0 Å². The van der Waals surface area contributed by atoms with Crippen molar-refractivity contribution in [1.82, 2.24) is 0 Å². The Bertz CT molecular complexity index is 407. The number of carbonyl (C=O) groups is 1. The Morgan fingerprint density at radius 2 is 1.45 bits per heavy atom. The maximum Gasteiger partial charge on any atom is 0.306 e. The van der Waals surface area contributed by atoms with Gasteiger partial charge in [-0.3, -0.25) is 4.79 Å². The molecule has 0 aromatic carbocycles. The first kappa shape index (κ1) is 20.7. The Labute approximate surface area is 137 Å². The number of rotatable bonds is 10. The highest BCUT2D eigenvalue weighted by atomic mass is 16.5. The van der Waals surface area contributed by atoms with E-state index in [9.17, 15) is 4.79 Å². The fraction of sp³-hybridized carbons (Fsp3) is 0.650. The number of ether oxygens (including phenoxy) is 1. The third-order valence-corrected chi connectivity index (χ3v) is 3.37. The van der Waals surface area contributed by atoms with Crippen LogP contribution in [0, 0.1) is 5.92 Å². The molecule has 0 rings (SSSR count). The number of allylic oxidation sites excluding steroid dienone is 5. The standard InChI is InChI=1S/C20H34O2/c1-16(2)9-7-10-18(5)11-8-12-19(6)13-14-22-20(21)15-17(3)4/h9,11,13,17H,7-8,10,12,14-15H2,1-6H3. The summed E-state index contributed by atoms with van der Waals surface area (Å²) in [6.45, 7) is 13.0. The van der Waals surface area contributed by atoms with E-state index in [-0.39, 0.29) is 5.97 Å². The number of carbonyl (C=O) groups excluding carboxylic acids is 1. The quantitative estimate of drug-likeness (QED) is 0.366. The van der Waals surface area contributed by atoms with E-state index >= 15 is 0 Å². The van der Waals surface area contributed by atoms with Crippen LogP contribution in [0.2, 0.25) is 0 Å². The molecule has 0 aromatic rings. The Kier molecular flexibility index (Phi) is 11.5. The fourth-order valence-corrected chi connectivity index (χ4v) is 2.01. The first-order chi connectivity index (χ1) is 10.3. The first-order valence-corrected chi connectivity index (χ1v) is 8.41. The molecule has 0 spiro atoms. The van der Waals surface area contributed by atoms with Gasteiger partial charge in [0.05, 0.1) is 0 Å². The largest absolute Gasteiger partial charge is 0.461 e. The van der Waals surface area contributed by atoms with Crippen LogP contribution in [0.25, 0.3) is 0 Å². The van der Waals surface area contributed by atoms with Crippen LogP contribution in [0.3, 0.4) is 0 Å². The second kappa shape index (κ2) is 12.3. The molecule has 0 heterocycles. The Hall–Kier alpha value is -1.31. The van der Waals surface area contributed by atoms with Crippen LogP contribution in [0.15, 0.2) is 34.9 Å². The third-order valence-electron chi connectivity index (χ3n) is 3.37. The Balaban J connectivity index is 3.92. The highest BCUT2D eigenvalue weighted by Gasteiger charge is 2.04. The molecule has 2 nitrogen and oxygen atoms in total. The molecule has 0 aliphatic carbocycles. The van der Waals surface area contributed by atoms with Crippen molar-refractivity contribution < 1.29 is 9.53 Å². The lowest BCUT2D eigenvalue weighted by Gasteiger charge is -2.05. The summed E-state index contributed by atoms with van der Waals surface area (Å²) in [5, 5.41) is 0. The molecule has 0 atom stereocenters. The Morgan fingerprint density at radius 1 is 0.909 bits per heavy atom. The van der Waals surface area contributed by atoms with Gasteiger partial charge >= 0.3 is 5.97 Å². The average Bonchev–Trinajstić information content (AvgIpc) is 2.37. The molecule has 0 fully saturated rings. The highest BCUT2D eigenvalue weighted by molar-refractivity contribution is 5.69. The topological polar surface area (TPSA) is 26.3 Å². The molecule has 0 aliphatic rings. The summed E-state index contributed by atoms with van der Waals surface area (Å²) >= 11 is 0. The molecular weight excluding hydrogens is 272 g/mol. The predicted molar refractivity (Wildman–Crippen MR) is 95.8 cm³/mol. The van der Waals surface area contributed by atoms with E-state index in [4.69, 9.17) is 4.74 Å². The van der Waals surface area contributed by atoms with Crippen LogP contribution in [0.1, 0.15) is 73.6 Å². The SMILES string of the molecule is CC(C)=CCCC(C)=CCCC(C)=CCOC(=O)CC(C)C. The molecule has 126 valence electrons. The average molecular weight is 306 g/mol. The predicted octanol–water partition coefficient (Wildman–Crippen LogP) is 5.99. The summed E-state index contributed by atoms with van der Waals surface area (Å²) in [6.07, 6.45) is 11.5. The zero-order valence-electron chi connectivity index (χ0n) is 15.4. The van der Waals surface area contributed by atoms with Crippen molar-refractivity contribution in [3.8, 4) is 0 Å². The van der Waals surface area contributed by atoms with Gasteiger partial charge in [-0.15, -0.1) is 0 Å². The van der Waals surface area contributed by atoms with Crippen molar-refractivity contribution >= 4 is 5.97 Å². The summed E-state index contributed by atoms with van der Waals surface area (Å²) in [7, 11) is 0. The van der Waals surface area contributed by atoms with Crippen molar-refractivity contribution in [3.63, 3.8) is 0 Å². The van der Waals surface area contributed by atoms with Gasteiger partial charge in [0, 0.05) is 6.42 Å². The maximum atomic E-state index is 11.4. The fourth-order valence-electron chi connectivity index (χ4n) is 2.01. The van der Waals surface area contributed by atoms with Gasteiger partial charge in [-0.1, -0.05) is 42.7 Å². The van der Waals surface area contributed by atoms with Crippen LogP contribution in [0.5, 0.6) is 0 Å². The van der Waals surface area contributed by atoms with Gasteiger partial charge in [0.15, 0.2) is 0 Å². The van der Waals surface area contributed by atoms with Crippen molar-refractivity contribution in [1.29, 1.82) is 0 Å². The van der Waals surface area contributed by atoms with E-state index < -0.39 is 0 Å². The summed E-state index contributed by atoms with van der Waals surface area (Å²) < 4.78 is 5.19. The van der Waals surface area contributed by atoms with Crippen molar-refractivity contribution in [2.45, 2.75) is 73.6 Å². The van der Waals surface area contributed by atoms with E-state index in [2.05, 4.69) is 39.8 Å². The van der Waals surface area contributed by atoms with Crippen molar-refractivity contribution in [2.24, 2.45) is 5.92 Å². The van der Waals surface area contributed by atoms with Crippen LogP contribution in [-0.4, -0.2) is 12.6 Å². The van der Waals surface area contributed by atoms with Crippen LogP contribution in [0.4, 0.5) is 0 Å². The van der Waals surface area contributed by atoms with E-state index in [0.717, 1.165) is 25.7 Å². The Morgan fingerprint density at radius 3 is 2.00 bits per heavy atom. The molecule has 0 N–H and O–H groups in total. The molecule has 0 aromatic heterocycles. The lowest BCUT2D eigenvalue weighted by Crippen LogP contribution is -2.07. The van der Waals surface area contributed by atoms with Crippen molar-refractivity contribution in [3.05, 3.63) is 34.9 Å². The van der Waals surface area contributed by atoms with Crippen LogP contribution >= 0.6 is 0 Å². The second-order valence-electron chi connectivity index (χ2n) is 6.74. The second-order valence-corrected chi connectivity index (χ2v) is 6.74. The van der Waals surface area contributed by atoms with Gasteiger partial charge in [-0.05, 0) is 65.4 Å². The van der Waals surface area contributed by atoms with E-state index in [1.807, 2.05) is 19.9 Å². The van der Waals surface area contributed by atoms with Gasteiger partial charge in [0.1, 0.15) is 6.61 Å². The summed E-state index contributed by atoms with van der Waals surface area (Å²) in [5.41, 5.74) is 4.12. The van der Waals surface area contributed by atoms with Gasteiger partial charge in [0.25, 0.3) is 0 Å². The summed E-state index contributed by atoms with van der Waals surface area (Å²) in [5.74, 6) is 0.256. The number of esters is 1. The lowest BCUT2D eigenvalue weighted by atomic mass is 10.1. The van der Waals surface area contributed by atoms with E-state index in [1.54, 1.807) is 0 Å². The van der Waals surface area contributed by atoms with Gasteiger partial charge in [-0.25, -0.2) is 0 Å². The molecule has 22 heavy (non-hydrogen) atoms. The van der Waals surface area contributed by atoms with Gasteiger partial charge < -0.3 is 4.74 Å². The lowest BCUT2D eigenvalue weighted by molar-refractivity contribution is -0.143. The van der Waals surface area contributed by atoms with E-state index in [1.165, 1.54) is 16.7 Å². The first-order valence-electron chi connectivity index (χ1n) is 8.41. The maximum absolute atomic E-state index is 11.4. The van der Waals surface area contributed by atoms with Gasteiger partial charge in [-0.2, -0.15) is 0 Å². The minimum absolute atomic E-state index is 0.103. The molecule has 2 heteroatoms. The zero-order valence-corrected chi connectivity index (χ0v) is 15.4. The molecular formula is C20H34O2. The molecule has 0 aliphatic heterocycles. The molecule has 0 saturated carbocycles. The molecule has 0 saturated heterocycles. The molecule has 0 amide bonds. The monoisotopic (exact) mass is 306 g/mol. The van der Waals surface area contributed by atoms with Crippen LogP contribution in [-0.2, 0) is 9.53 Å². The minimum Gasteiger partial charge on any atom is -0.461 e.